The van der Waals surface area contributed by atoms with Gasteiger partial charge in [-0.05, 0) is 52.1 Å². The van der Waals surface area contributed by atoms with Crippen LogP contribution in [0.15, 0.2) is 23.1 Å². The Morgan fingerprint density at radius 3 is 2.68 bits per heavy atom. The van der Waals surface area contributed by atoms with E-state index in [2.05, 4.69) is 11.8 Å². The van der Waals surface area contributed by atoms with Gasteiger partial charge < -0.3 is 14.7 Å². The molecule has 3 atom stereocenters. The summed E-state index contributed by atoms with van der Waals surface area (Å²) >= 11 is 0. The van der Waals surface area contributed by atoms with Crippen molar-refractivity contribution in [3.63, 3.8) is 0 Å². The first kappa shape index (κ1) is 21.1. The summed E-state index contributed by atoms with van der Waals surface area (Å²) in [6, 6.07) is 4.56. The Hall–Kier alpha value is -1.59. The van der Waals surface area contributed by atoms with E-state index in [0.29, 0.717) is 24.8 Å². The van der Waals surface area contributed by atoms with Crippen LogP contribution >= 0.6 is 0 Å². The van der Waals surface area contributed by atoms with Gasteiger partial charge in [-0.2, -0.15) is 4.31 Å². The molecule has 0 bridgehead atoms. The minimum absolute atomic E-state index is 0.0412. The van der Waals surface area contributed by atoms with Gasteiger partial charge in [-0.25, -0.2) is 8.42 Å². The van der Waals surface area contributed by atoms with E-state index in [4.69, 9.17) is 4.74 Å². The van der Waals surface area contributed by atoms with Gasteiger partial charge in [0.1, 0.15) is 16.7 Å². The van der Waals surface area contributed by atoms with Crippen LogP contribution in [0.3, 0.4) is 0 Å². The number of aliphatic hydroxyl groups excluding tert-OH is 1. The van der Waals surface area contributed by atoms with Crippen molar-refractivity contribution in [3.05, 3.63) is 23.8 Å². The van der Waals surface area contributed by atoms with Crippen LogP contribution in [0, 0.1) is 23.7 Å². The van der Waals surface area contributed by atoms with Crippen LogP contribution in [0.4, 0.5) is 0 Å². The molecule has 1 aliphatic heterocycles. The zero-order valence-corrected chi connectivity index (χ0v) is 17.9. The van der Waals surface area contributed by atoms with Gasteiger partial charge in [-0.15, -0.1) is 0 Å². The lowest BCUT2D eigenvalue weighted by molar-refractivity contribution is 0.0812. The zero-order valence-electron chi connectivity index (χ0n) is 17.1. The fourth-order valence-corrected chi connectivity index (χ4v) is 5.12. The van der Waals surface area contributed by atoms with Crippen LogP contribution in [0.25, 0.3) is 0 Å². The standard InChI is InChI=1S/C21H30N2O4S/c1-15-12-23(16(2)14-24)28(25,26)21-10-9-18(8-7-17-5-6-17)11-19(21)27-20(15)13-22(3)4/h9-11,15-17,20,24H,5-6,12-14H2,1-4H3/t15-,16-,20-/m0/s1. The van der Waals surface area contributed by atoms with Gasteiger partial charge in [0.2, 0.25) is 10.0 Å². The Morgan fingerprint density at radius 1 is 1.36 bits per heavy atom. The second kappa shape index (κ2) is 8.42. The van der Waals surface area contributed by atoms with E-state index in [-0.39, 0.29) is 23.5 Å². The Morgan fingerprint density at radius 2 is 2.07 bits per heavy atom. The van der Waals surface area contributed by atoms with Crippen LogP contribution < -0.4 is 4.74 Å². The molecule has 2 aliphatic rings. The van der Waals surface area contributed by atoms with E-state index >= 15 is 0 Å². The number of ether oxygens (including phenoxy) is 1. The maximum absolute atomic E-state index is 13.3. The molecule has 1 aromatic rings. The van der Waals surface area contributed by atoms with Gasteiger partial charge in [0.05, 0.1) is 6.61 Å². The number of hydrogen-bond acceptors (Lipinski definition) is 5. The molecule has 1 saturated carbocycles. The van der Waals surface area contributed by atoms with Crippen LogP contribution in [0.2, 0.25) is 0 Å². The highest BCUT2D eigenvalue weighted by Crippen LogP contribution is 2.34. The highest BCUT2D eigenvalue weighted by Gasteiger charge is 2.37. The van der Waals surface area contributed by atoms with Gasteiger partial charge in [0, 0.05) is 36.5 Å². The largest absolute Gasteiger partial charge is 0.487 e. The predicted molar refractivity (Wildman–Crippen MR) is 109 cm³/mol. The van der Waals surface area contributed by atoms with Gasteiger partial charge >= 0.3 is 0 Å². The molecule has 1 N–H and O–H groups in total. The van der Waals surface area contributed by atoms with Crippen LogP contribution in [0.5, 0.6) is 5.75 Å². The Bertz CT molecular complexity index is 868. The number of likely N-dealkylation sites (N-methyl/N-ethyl adjacent to an activating group) is 1. The lowest BCUT2D eigenvalue weighted by atomic mass is 10.0. The van der Waals surface area contributed by atoms with Gasteiger partial charge in [0.15, 0.2) is 0 Å². The Labute approximate surface area is 168 Å². The summed E-state index contributed by atoms with van der Waals surface area (Å²) in [6.07, 6.45) is 2.10. The molecule has 0 amide bonds. The molecule has 6 nitrogen and oxygen atoms in total. The minimum Gasteiger partial charge on any atom is -0.487 e. The summed E-state index contributed by atoms with van der Waals surface area (Å²) in [4.78, 5) is 2.17. The molecular formula is C21H30N2O4S. The van der Waals surface area contributed by atoms with Crippen molar-refractivity contribution in [3.8, 4) is 17.6 Å². The first-order chi connectivity index (χ1) is 13.2. The lowest BCUT2D eigenvalue weighted by Crippen LogP contribution is -2.49. The smallest absolute Gasteiger partial charge is 0.247 e. The van der Waals surface area contributed by atoms with Crippen molar-refractivity contribution in [1.82, 2.24) is 9.21 Å². The number of aliphatic hydroxyl groups is 1. The van der Waals surface area contributed by atoms with Gasteiger partial charge in [-0.3, -0.25) is 0 Å². The molecule has 0 saturated heterocycles. The average molecular weight is 407 g/mol. The second-order valence-corrected chi connectivity index (χ2v) is 10.1. The minimum atomic E-state index is -3.79. The number of fused-ring (bicyclic) bond motifs is 1. The highest BCUT2D eigenvalue weighted by molar-refractivity contribution is 7.89. The first-order valence-corrected chi connectivity index (χ1v) is 11.3. The lowest BCUT2D eigenvalue weighted by Gasteiger charge is -2.37. The fraction of sp³-hybridized carbons (Fsp3) is 0.619. The second-order valence-electron chi connectivity index (χ2n) is 8.21. The van der Waals surface area contributed by atoms with Gasteiger partial charge in [-0.1, -0.05) is 18.8 Å². The number of sulfonamides is 1. The van der Waals surface area contributed by atoms with E-state index in [1.54, 1.807) is 25.1 Å². The summed E-state index contributed by atoms with van der Waals surface area (Å²) in [5.74, 6) is 7.12. The number of benzene rings is 1. The maximum atomic E-state index is 13.3. The molecule has 1 fully saturated rings. The van der Waals surface area contributed by atoms with Crippen molar-refractivity contribution < 1.29 is 18.3 Å². The van der Waals surface area contributed by atoms with Crippen molar-refractivity contribution in [2.24, 2.45) is 11.8 Å². The van der Waals surface area contributed by atoms with E-state index < -0.39 is 16.1 Å². The van der Waals surface area contributed by atoms with Crippen molar-refractivity contribution in [2.75, 3.05) is 33.8 Å². The molecule has 1 heterocycles. The topological polar surface area (TPSA) is 70.1 Å². The third-order valence-corrected chi connectivity index (χ3v) is 7.23. The first-order valence-electron chi connectivity index (χ1n) is 9.82. The summed E-state index contributed by atoms with van der Waals surface area (Å²) in [5.41, 5.74) is 0.763. The van der Waals surface area contributed by atoms with Crippen molar-refractivity contribution >= 4 is 10.0 Å². The molecular weight excluding hydrogens is 376 g/mol. The molecule has 1 aromatic carbocycles. The highest BCUT2D eigenvalue weighted by atomic mass is 32.2. The monoisotopic (exact) mass is 406 g/mol. The zero-order chi connectivity index (χ0) is 20.5. The van der Waals surface area contributed by atoms with Crippen molar-refractivity contribution in [2.45, 2.75) is 43.7 Å². The number of hydrogen-bond donors (Lipinski definition) is 1. The molecule has 154 valence electrons. The summed E-state index contributed by atoms with van der Waals surface area (Å²) in [5, 5.41) is 9.64. The van der Waals surface area contributed by atoms with Crippen LogP contribution in [0.1, 0.15) is 32.3 Å². The molecule has 0 unspecified atom stereocenters. The van der Waals surface area contributed by atoms with Crippen LogP contribution in [-0.2, 0) is 10.0 Å². The summed E-state index contributed by atoms with van der Waals surface area (Å²) in [7, 11) is 0.153. The normalized spacial score (nSPS) is 25.6. The molecule has 28 heavy (non-hydrogen) atoms. The molecule has 0 aromatic heterocycles. The quantitative estimate of drug-likeness (QED) is 0.772. The molecule has 7 heteroatoms. The van der Waals surface area contributed by atoms with E-state index in [1.807, 2.05) is 25.9 Å². The third-order valence-electron chi connectivity index (χ3n) is 5.21. The number of rotatable bonds is 4. The predicted octanol–water partition coefficient (Wildman–Crippen LogP) is 1.78. The third kappa shape index (κ3) is 4.69. The Kier molecular flexibility index (Phi) is 6.35. The van der Waals surface area contributed by atoms with E-state index in [9.17, 15) is 13.5 Å². The van der Waals surface area contributed by atoms with E-state index in [1.165, 1.54) is 4.31 Å². The molecule has 0 spiro atoms. The van der Waals surface area contributed by atoms with Gasteiger partial charge in [0.25, 0.3) is 0 Å². The maximum Gasteiger partial charge on any atom is 0.247 e. The Balaban J connectivity index is 2.07. The molecule has 3 rings (SSSR count). The van der Waals surface area contributed by atoms with Crippen LogP contribution in [-0.4, -0.2) is 68.7 Å². The average Bonchev–Trinajstić information content (AvgIpc) is 3.46. The fourth-order valence-electron chi connectivity index (χ4n) is 3.29. The van der Waals surface area contributed by atoms with E-state index in [0.717, 1.165) is 18.4 Å². The molecule has 0 radical (unpaired) electrons. The number of nitrogens with zero attached hydrogens (tertiary/aromatic N) is 2. The van der Waals surface area contributed by atoms with Crippen molar-refractivity contribution in [1.29, 1.82) is 0 Å². The molecule has 1 aliphatic carbocycles. The SMILES string of the molecule is C[C@H]1CN([C@@H](C)CO)S(=O)(=O)c2ccc(C#CC3CC3)cc2O[C@H]1CN(C)C. The summed E-state index contributed by atoms with van der Waals surface area (Å²) in [6.45, 7) is 4.45. The summed E-state index contributed by atoms with van der Waals surface area (Å²) < 4.78 is 34.3.